The van der Waals surface area contributed by atoms with Gasteiger partial charge in [-0.15, -0.1) is 0 Å². The van der Waals surface area contributed by atoms with Gasteiger partial charge in [0.1, 0.15) is 23.7 Å². The Morgan fingerprint density at radius 2 is 1.02 bits per heavy atom. The van der Waals surface area contributed by atoms with Crippen molar-refractivity contribution in [2.45, 2.75) is 69.1 Å². The highest BCUT2D eigenvalue weighted by Crippen LogP contribution is 2.38. The van der Waals surface area contributed by atoms with Crippen molar-refractivity contribution in [1.29, 1.82) is 0 Å². The van der Waals surface area contributed by atoms with E-state index in [0.29, 0.717) is 0 Å². The predicted octanol–water partition coefficient (Wildman–Crippen LogP) is 8.99. The van der Waals surface area contributed by atoms with Gasteiger partial charge in [-0.05, 0) is 99.1 Å². The summed E-state index contributed by atoms with van der Waals surface area (Å²) in [5, 5.41) is 0. The van der Waals surface area contributed by atoms with E-state index in [2.05, 4.69) is 80.4 Å². The monoisotopic (exact) mass is 786 g/mol. The largest absolute Gasteiger partial charge is 0.340 e. The van der Waals surface area contributed by atoms with Crippen LogP contribution in [0.1, 0.15) is 91.9 Å². The molecule has 59 heavy (non-hydrogen) atoms. The predicted molar refractivity (Wildman–Crippen MR) is 232 cm³/mol. The number of imidazole rings is 2. The van der Waals surface area contributed by atoms with E-state index in [-0.39, 0.29) is 36.0 Å². The van der Waals surface area contributed by atoms with Crippen LogP contribution in [0.3, 0.4) is 0 Å². The molecule has 3 saturated heterocycles. The van der Waals surface area contributed by atoms with Crippen molar-refractivity contribution in [3.63, 3.8) is 0 Å². The van der Waals surface area contributed by atoms with Crippen molar-refractivity contribution in [3.05, 3.63) is 144 Å². The number of hydrogen-bond acceptors (Lipinski definition) is 6. The van der Waals surface area contributed by atoms with Crippen molar-refractivity contribution in [3.8, 4) is 33.6 Å². The first-order valence-corrected chi connectivity index (χ1v) is 21.4. The minimum atomic E-state index is -0.340. The van der Waals surface area contributed by atoms with Crippen LogP contribution in [0.25, 0.3) is 33.6 Å². The molecule has 0 radical (unpaired) electrons. The lowest BCUT2D eigenvalue weighted by molar-refractivity contribution is -0.139. The smallest absolute Gasteiger partial charge is 0.245 e. The van der Waals surface area contributed by atoms with Crippen LogP contribution in [0.4, 0.5) is 0 Å². The van der Waals surface area contributed by atoms with E-state index < -0.39 is 0 Å². The fourth-order valence-electron chi connectivity index (χ4n) is 9.55. The maximum atomic E-state index is 14.4. The Morgan fingerprint density at radius 3 is 1.51 bits per heavy atom. The van der Waals surface area contributed by atoms with Gasteiger partial charge in [-0.25, -0.2) is 9.97 Å². The van der Waals surface area contributed by atoms with Crippen LogP contribution in [0.15, 0.2) is 122 Å². The van der Waals surface area contributed by atoms with E-state index in [1.807, 2.05) is 84.8 Å². The first kappa shape index (κ1) is 38.7. The summed E-state index contributed by atoms with van der Waals surface area (Å²) < 4.78 is 0. The number of piperidine rings is 1. The first-order valence-electron chi connectivity index (χ1n) is 21.4. The zero-order valence-electron chi connectivity index (χ0n) is 34.1. The van der Waals surface area contributed by atoms with Gasteiger partial charge in [0.25, 0.3) is 0 Å². The zero-order chi connectivity index (χ0) is 40.3. The van der Waals surface area contributed by atoms with E-state index in [1.165, 1.54) is 6.42 Å². The van der Waals surface area contributed by atoms with Gasteiger partial charge in [-0.3, -0.25) is 19.4 Å². The van der Waals surface area contributed by atoms with Crippen LogP contribution in [0.5, 0.6) is 0 Å². The average molecular weight is 787 g/mol. The summed E-state index contributed by atoms with van der Waals surface area (Å²) in [6, 6.07) is 36.7. The molecule has 3 aliphatic rings. The Bertz CT molecular complexity index is 2330. The van der Waals surface area contributed by atoms with Gasteiger partial charge in [0.05, 0.1) is 35.9 Å². The molecule has 10 nitrogen and oxygen atoms in total. The van der Waals surface area contributed by atoms with E-state index in [9.17, 15) is 9.59 Å². The maximum absolute atomic E-state index is 14.4. The summed E-state index contributed by atoms with van der Waals surface area (Å²) in [7, 11) is 3.93. The number of aromatic nitrogens is 4. The number of rotatable bonds is 11. The van der Waals surface area contributed by atoms with E-state index in [4.69, 9.17) is 9.97 Å². The third-order valence-electron chi connectivity index (χ3n) is 12.6. The molecule has 3 aliphatic heterocycles. The molecule has 0 aliphatic carbocycles. The summed E-state index contributed by atoms with van der Waals surface area (Å²) in [5.41, 5.74) is 8.31. The Kier molecular flexibility index (Phi) is 11.3. The number of amides is 2. The van der Waals surface area contributed by atoms with E-state index >= 15 is 0 Å². The van der Waals surface area contributed by atoms with Crippen LogP contribution in [0.2, 0.25) is 0 Å². The number of carbonyl (C=O) groups excluding carboxylic acids is 2. The van der Waals surface area contributed by atoms with Crippen LogP contribution in [-0.2, 0) is 9.59 Å². The van der Waals surface area contributed by atoms with Gasteiger partial charge < -0.3 is 19.8 Å². The molecule has 5 heterocycles. The molecule has 10 heteroatoms. The second-order valence-electron chi connectivity index (χ2n) is 16.6. The first-order chi connectivity index (χ1) is 28.9. The lowest BCUT2D eigenvalue weighted by atomic mass is 10.00. The molecule has 0 saturated carbocycles. The average Bonchev–Trinajstić information content (AvgIpc) is 4.12. The second-order valence-corrected chi connectivity index (χ2v) is 16.6. The van der Waals surface area contributed by atoms with Crippen LogP contribution < -0.4 is 0 Å². The van der Waals surface area contributed by atoms with Crippen LogP contribution in [0, 0.1) is 0 Å². The van der Waals surface area contributed by atoms with Crippen molar-refractivity contribution in [1.82, 2.24) is 39.5 Å². The quantitative estimate of drug-likeness (QED) is 0.136. The number of nitrogens with zero attached hydrogens (tertiary/aromatic N) is 6. The molecule has 3 fully saturated rings. The number of benzene rings is 4. The van der Waals surface area contributed by atoms with Crippen molar-refractivity contribution >= 4 is 11.8 Å². The second kappa shape index (κ2) is 17.2. The lowest BCUT2D eigenvalue weighted by Gasteiger charge is -2.37. The molecule has 0 unspecified atom stereocenters. The summed E-state index contributed by atoms with van der Waals surface area (Å²) in [6.07, 6.45) is 11.0. The Morgan fingerprint density at radius 1 is 0.559 bits per heavy atom. The molecule has 2 amide bonds. The Hall–Kier alpha value is -5.84. The number of nitrogens with one attached hydrogen (secondary N) is 2. The highest BCUT2D eigenvalue weighted by molar-refractivity contribution is 5.85. The molecular weight excluding hydrogens is 733 g/mol. The normalized spacial score (nSPS) is 19.6. The molecule has 4 aromatic carbocycles. The number of aromatic amines is 2. The fraction of sp³-hybridized carbons (Fsp3) is 0.347. The molecule has 4 atom stereocenters. The summed E-state index contributed by atoms with van der Waals surface area (Å²) in [4.78, 5) is 53.6. The minimum absolute atomic E-state index is 0.0642. The highest BCUT2D eigenvalue weighted by Gasteiger charge is 2.39. The molecular formula is C49H54N8O2. The third-order valence-corrected chi connectivity index (χ3v) is 12.6. The lowest BCUT2D eigenvalue weighted by Crippen LogP contribution is -2.44. The fourth-order valence-corrected chi connectivity index (χ4v) is 9.55. The molecule has 2 N–H and O–H groups in total. The van der Waals surface area contributed by atoms with Gasteiger partial charge in [0.15, 0.2) is 0 Å². The maximum Gasteiger partial charge on any atom is 0.245 e. The summed E-state index contributed by atoms with van der Waals surface area (Å²) >= 11 is 0. The SMILES string of the molecule is CN(C)[C@@H](C(=O)N1CCC[C@H]1c1ncc(-c2ccc(-c3ccc(-c4cnc([C@@H]5CCCN5C(=O)[C@@H](c5ccccc5)N5CCCCC5)[nH]4)cc3)cc2)[nH]1)c1ccccc1. The Balaban J connectivity index is 0.862. The van der Waals surface area contributed by atoms with E-state index in [1.54, 1.807) is 0 Å². The molecule has 2 aromatic heterocycles. The van der Waals surface area contributed by atoms with Crippen molar-refractivity contribution in [2.24, 2.45) is 0 Å². The number of hydrogen-bond donors (Lipinski definition) is 2. The van der Waals surface area contributed by atoms with Gasteiger partial charge >= 0.3 is 0 Å². The van der Waals surface area contributed by atoms with Gasteiger partial charge in [0.2, 0.25) is 11.8 Å². The molecule has 302 valence electrons. The molecule has 9 rings (SSSR count). The van der Waals surface area contributed by atoms with Crippen LogP contribution >= 0.6 is 0 Å². The summed E-state index contributed by atoms with van der Waals surface area (Å²) in [6.45, 7) is 3.38. The van der Waals surface area contributed by atoms with Crippen molar-refractivity contribution in [2.75, 3.05) is 40.3 Å². The minimum Gasteiger partial charge on any atom is -0.340 e. The van der Waals surface area contributed by atoms with Gasteiger partial charge in [0, 0.05) is 13.1 Å². The molecule has 6 aromatic rings. The summed E-state index contributed by atoms with van der Waals surface area (Å²) in [5.74, 6) is 1.98. The topological polar surface area (TPSA) is 104 Å². The number of likely N-dealkylation sites (N-methyl/N-ethyl adjacent to an activating group) is 1. The zero-order valence-corrected chi connectivity index (χ0v) is 34.1. The highest BCUT2D eigenvalue weighted by atomic mass is 16.2. The number of carbonyl (C=O) groups is 2. The van der Waals surface area contributed by atoms with Gasteiger partial charge in [-0.1, -0.05) is 116 Å². The molecule has 0 spiro atoms. The standard InChI is InChI=1S/C49H54N8O2/c1-54(2)44(38-14-6-3-7-15-38)48(58)56-30-12-18-42(56)46-50-32-40(52-46)36-24-20-34(21-25-36)35-22-26-37(27-23-35)41-33-51-47(53-41)43-19-13-31-57(43)49(59)45(39-16-8-4-9-17-39)55-28-10-5-11-29-55/h3-4,6-9,14-17,20-27,32-33,42-45H,5,10-13,18-19,28-31H2,1-2H3,(H,50,52)(H,51,53)/t42-,43-,44+,45+/m0/s1. The third kappa shape index (κ3) is 7.99. The molecule has 0 bridgehead atoms. The van der Waals surface area contributed by atoms with Crippen molar-refractivity contribution < 1.29 is 9.59 Å². The number of likely N-dealkylation sites (tertiary alicyclic amines) is 3. The van der Waals surface area contributed by atoms with E-state index in [0.717, 1.165) is 121 Å². The number of H-pyrrole nitrogens is 2. The Labute approximate surface area is 347 Å². The van der Waals surface area contributed by atoms with Gasteiger partial charge in [-0.2, -0.15) is 0 Å². The van der Waals surface area contributed by atoms with Crippen LogP contribution in [-0.4, -0.2) is 91.6 Å².